The monoisotopic (exact) mass is 334 g/mol. The highest BCUT2D eigenvalue weighted by atomic mass is 35.5. The first-order chi connectivity index (χ1) is 10.3. The Hall–Kier alpha value is -2.22. The van der Waals surface area contributed by atoms with E-state index in [1.54, 1.807) is 0 Å². The number of benzene rings is 1. The van der Waals surface area contributed by atoms with Gasteiger partial charge in [0.1, 0.15) is 0 Å². The van der Waals surface area contributed by atoms with Crippen LogP contribution in [-0.2, 0) is 14.3 Å². The van der Waals surface area contributed by atoms with Crippen LogP contribution in [0.3, 0.4) is 0 Å². The molecule has 0 bridgehead atoms. The average Bonchev–Trinajstić information content (AvgIpc) is 2.47. The van der Waals surface area contributed by atoms with Crippen LogP contribution in [0.4, 0.5) is 8.78 Å². The molecule has 0 saturated heterocycles. The molecule has 6 nitrogen and oxygen atoms in total. The average molecular weight is 335 g/mol. The lowest BCUT2D eigenvalue weighted by atomic mass is 10.2. The molecule has 1 N–H and O–H groups in total. The summed E-state index contributed by atoms with van der Waals surface area (Å²) in [5.41, 5.74) is -0.401. The maximum atomic E-state index is 13.1. The number of ether oxygens (including phenoxy) is 1. The molecule has 0 atom stereocenters. The van der Waals surface area contributed by atoms with Crippen LogP contribution >= 0.6 is 11.6 Å². The van der Waals surface area contributed by atoms with Gasteiger partial charge in [-0.25, -0.2) is 13.6 Å². The van der Waals surface area contributed by atoms with Gasteiger partial charge in [0.05, 0.1) is 17.1 Å². The zero-order valence-corrected chi connectivity index (χ0v) is 12.5. The van der Waals surface area contributed by atoms with E-state index in [0.29, 0.717) is 12.1 Å². The van der Waals surface area contributed by atoms with E-state index in [4.69, 9.17) is 11.6 Å². The van der Waals surface area contributed by atoms with Crippen molar-refractivity contribution in [2.24, 2.45) is 0 Å². The number of hydrogen-bond donors (Lipinski definition) is 1. The Morgan fingerprint density at radius 1 is 1.27 bits per heavy atom. The number of carbonyl (C=O) groups is 3. The highest BCUT2D eigenvalue weighted by Crippen LogP contribution is 2.20. The number of nitrogens with zero attached hydrogens (tertiary/aromatic N) is 1. The van der Waals surface area contributed by atoms with Crippen LogP contribution < -0.4 is 5.32 Å². The SMILES string of the molecule is CNC(=O)CN(C)C(=O)COC(=O)c1cc(F)c(F)cc1Cl. The molecular formula is C13H13ClF2N2O4. The fourth-order valence-corrected chi connectivity index (χ4v) is 1.60. The zero-order valence-electron chi connectivity index (χ0n) is 11.8. The van der Waals surface area contributed by atoms with E-state index in [1.165, 1.54) is 14.1 Å². The summed E-state index contributed by atoms with van der Waals surface area (Å²) in [6.45, 7) is -0.875. The van der Waals surface area contributed by atoms with Gasteiger partial charge in [-0.15, -0.1) is 0 Å². The van der Waals surface area contributed by atoms with Crippen molar-refractivity contribution in [2.45, 2.75) is 0 Å². The van der Waals surface area contributed by atoms with E-state index < -0.39 is 41.6 Å². The number of halogens is 3. The van der Waals surface area contributed by atoms with E-state index in [-0.39, 0.29) is 11.6 Å². The molecule has 0 spiro atoms. The summed E-state index contributed by atoms with van der Waals surface area (Å²) in [4.78, 5) is 35.5. The van der Waals surface area contributed by atoms with E-state index in [0.717, 1.165) is 4.90 Å². The van der Waals surface area contributed by atoms with Crippen LogP contribution in [-0.4, -0.2) is 49.9 Å². The van der Waals surface area contributed by atoms with E-state index in [9.17, 15) is 23.2 Å². The Bertz CT molecular complexity index is 610. The molecule has 2 amide bonds. The summed E-state index contributed by atoms with van der Waals surface area (Å²) in [6, 6.07) is 1.21. The fraction of sp³-hybridized carbons (Fsp3) is 0.308. The zero-order chi connectivity index (χ0) is 16.9. The molecule has 0 radical (unpaired) electrons. The van der Waals surface area contributed by atoms with Gasteiger partial charge >= 0.3 is 5.97 Å². The van der Waals surface area contributed by atoms with Gasteiger partial charge in [-0.3, -0.25) is 9.59 Å². The van der Waals surface area contributed by atoms with Crippen molar-refractivity contribution < 1.29 is 27.9 Å². The van der Waals surface area contributed by atoms with Crippen molar-refractivity contribution in [3.63, 3.8) is 0 Å². The molecule has 0 fully saturated rings. The third-order valence-electron chi connectivity index (χ3n) is 2.64. The molecule has 0 heterocycles. The minimum absolute atomic E-state index is 0.210. The van der Waals surface area contributed by atoms with Crippen molar-refractivity contribution in [1.82, 2.24) is 10.2 Å². The Balaban J connectivity index is 2.65. The van der Waals surface area contributed by atoms with Crippen LogP contribution in [0.2, 0.25) is 5.02 Å². The largest absolute Gasteiger partial charge is 0.452 e. The molecule has 1 aromatic carbocycles. The summed E-state index contributed by atoms with van der Waals surface area (Å²) in [7, 11) is 2.75. The van der Waals surface area contributed by atoms with Gasteiger partial charge < -0.3 is 15.0 Å². The molecular weight excluding hydrogens is 322 g/mol. The molecule has 0 unspecified atom stereocenters. The fourth-order valence-electron chi connectivity index (χ4n) is 1.38. The van der Waals surface area contributed by atoms with Gasteiger partial charge in [0, 0.05) is 14.1 Å². The van der Waals surface area contributed by atoms with Gasteiger partial charge in [0.15, 0.2) is 18.2 Å². The lowest BCUT2D eigenvalue weighted by Crippen LogP contribution is -2.39. The van der Waals surface area contributed by atoms with Crippen LogP contribution in [0, 0.1) is 11.6 Å². The van der Waals surface area contributed by atoms with Crippen LogP contribution in [0.25, 0.3) is 0 Å². The molecule has 120 valence electrons. The summed E-state index contributed by atoms with van der Waals surface area (Å²) < 4.78 is 30.6. The Morgan fingerprint density at radius 2 is 1.86 bits per heavy atom. The number of carbonyl (C=O) groups excluding carboxylic acids is 3. The minimum atomic E-state index is -1.26. The van der Waals surface area contributed by atoms with Crippen molar-refractivity contribution >= 4 is 29.4 Å². The van der Waals surface area contributed by atoms with E-state index in [1.807, 2.05) is 0 Å². The highest BCUT2D eigenvalue weighted by Gasteiger charge is 2.19. The molecule has 0 aliphatic heterocycles. The maximum Gasteiger partial charge on any atom is 0.340 e. The van der Waals surface area contributed by atoms with Crippen molar-refractivity contribution in [2.75, 3.05) is 27.2 Å². The normalized spacial score (nSPS) is 10.0. The first kappa shape index (κ1) is 17.8. The Labute approximate surface area is 130 Å². The predicted molar refractivity (Wildman–Crippen MR) is 73.4 cm³/mol. The van der Waals surface area contributed by atoms with Crippen LogP contribution in [0.15, 0.2) is 12.1 Å². The number of esters is 1. The van der Waals surface area contributed by atoms with Gasteiger partial charge in [0.25, 0.3) is 5.91 Å². The third kappa shape index (κ3) is 4.66. The molecule has 1 aromatic rings. The topological polar surface area (TPSA) is 75.7 Å². The second-order valence-electron chi connectivity index (χ2n) is 4.25. The summed E-state index contributed by atoms with van der Waals surface area (Å²) in [5, 5.41) is 1.99. The number of likely N-dealkylation sites (N-methyl/N-ethyl adjacent to an activating group) is 2. The minimum Gasteiger partial charge on any atom is -0.452 e. The van der Waals surface area contributed by atoms with Gasteiger partial charge in [-0.2, -0.15) is 0 Å². The maximum absolute atomic E-state index is 13.1. The smallest absolute Gasteiger partial charge is 0.340 e. The summed E-state index contributed by atoms with van der Waals surface area (Å²) >= 11 is 5.61. The molecule has 22 heavy (non-hydrogen) atoms. The van der Waals surface area contributed by atoms with Crippen molar-refractivity contribution in [1.29, 1.82) is 0 Å². The third-order valence-corrected chi connectivity index (χ3v) is 2.95. The number of rotatable bonds is 5. The number of hydrogen-bond acceptors (Lipinski definition) is 4. The van der Waals surface area contributed by atoms with Gasteiger partial charge in [-0.1, -0.05) is 11.6 Å². The molecule has 1 rings (SSSR count). The molecule has 0 saturated carbocycles. The van der Waals surface area contributed by atoms with Crippen LogP contribution in [0.5, 0.6) is 0 Å². The van der Waals surface area contributed by atoms with E-state index >= 15 is 0 Å². The second kappa shape index (κ2) is 7.69. The summed E-state index contributed by atoms with van der Waals surface area (Å²) in [6.07, 6.45) is 0. The Morgan fingerprint density at radius 3 is 2.45 bits per heavy atom. The summed E-state index contributed by atoms with van der Waals surface area (Å²) in [5.74, 6) is -4.59. The molecule has 0 aliphatic carbocycles. The van der Waals surface area contributed by atoms with Crippen molar-refractivity contribution in [3.8, 4) is 0 Å². The van der Waals surface area contributed by atoms with Gasteiger partial charge in [-0.05, 0) is 12.1 Å². The quantitative estimate of drug-likeness (QED) is 0.643. The lowest BCUT2D eigenvalue weighted by molar-refractivity contribution is -0.137. The second-order valence-corrected chi connectivity index (χ2v) is 4.65. The molecule has 9 heteroatoms. The van der Waals surface area contributed by atoms with Gasteiger partial charge in [0.2, 0.25) is 5.91 Å². The Kier molecular flexibility index (Phi) is 6.24. The molecule has 0 aliphatic rings. The first-order valence-corrected chi connectivity index (χ1v) is 6.40. The first-order valence-electron chi connectivity index (χ1n) is 6.02. The standard InChI is InChI=1S/C13H13ClF2N2O4/c1-17-11(19)5-18(2)12(20)6-22-13(21)7-3-9(15)10(16)4-8(7)14/h3-4H,5-6H2,1-2H3,(H,17,19). The lowest BCUT2D eigenvalue weighted by Gasteiger charge is -2.16. The number of nitrogens with one attached hydrogen (secondary N) is 1. The van der Waals surface area contributed by atoms with E-state index in [2.05, 4.69) is 10.1 Å². The van der Waals surface area contributed by atoms with Crippen molar-refractivity contribution in [3.05, 3.63) is 34.4 Å². The molecule has 0 aromatic heterocycles. The highest BCUT2D eigenvalue weighted by molar-refractivity contribution is 6.33. The van der Waals surface area contributed by atoms with Crippen LogP contribution in [0.1, 0.15) is 10.4 Å². The predicted octanol–water partition coefficient (Wildman–Crippen LogP) is 0.979. The number of amides is 2.